The summed E-state index contributed by atoms with van der Waals surface area (Å²) >= 11 is 0. The number of aliphatic hydroxyl groups excluding tert-OH is 1. The van der Waals surface area contributed by atoms with Crippen LogP contribution in [0.15, 0.2) is 48.5 Å². The predicted octanol–water partition coefficient (Wildman–Crippen LogP) is 3.99. The summed E-state index contributed by atoms with van der Waals surface area (Å²) in [6.45, 7) is 3.58. The van der Waals surface area contributed by atoms with Crippen LogP contribution in [0.5, 0.6) is 11.5 Å². The molecule has 3 heteroatoms. The Bertz CT molecular complexity index is 651. The Morgan fingerprint density at radius 3 is 2.33 bits per heavy atom. The molecule has 21 heavy (non-hydrogen) atoms. The van der Waals surface area contributed by atoms with Gasteiger partial charge in [0.1, 0.15) is 5.75 Å². The number of hydrogen-bond donors (Lipinski definition) is 1. The van der Waals surface area contributed by atoms with E-state index in [9.17, 15) is 9.50 Å². The van der Waals surface area contributed by atoms with Gasteiger partial charge in [0.2, 0.25) is 0 Å². The van der Waals surface area contributed by atoms with Gasteiger partial charge in [0.15, 0.2) is 11.6 Å². The van der Waals surface area contributed by atoms with Crippen LogP contribution < -0.4 is 4.74 Å². The van der Waals surface area contributed by atoms with Crippen molar-refractivity contribution in [3.05, 3.63) is 59.9 Å². The molecule has 0 saturated carbocycles. The first-order valence-corrected chi connectivity index (χ1v) is 6.78. The lowest BCUT2D eigenvalue weighted by Crippen LogP contribution is -2.10. The standard InChI is InChI=1S/C18H17FO2/c1-13(14(2)20)7-8-15-9-11-16(12-10-15)21-18-6-4-3-5-17(18)19/h3-6,9-14,20H,1-2H3. The lowest BCUT2D eigenvalue weighted by molar-refractivity contribution is 0.161. The molecule has 2 atom stereocenters. The van der Waals surface area contributed by atoms with E-state index in [1.807, 2.05) is 6.92 Å². The van der Waals surface area contributed by atoms with E-state index in [1.54, 1.807) is 49.4 Å². The van der Waals surface area contributed by atoms with Gasteiger partial charge in [0.05, 0.1) is 6.10 Å². The summed E-state index contributed by atoms with van der Waals surface area (Å²) in [4.78, 5) is 0. The Morgan fingerprint density at radius 2 is 1.71 bits per heavy atom. The molecule has 2 unspecified atom stereocenters. The Hall–Kier alpha value is -2.31. The SMILES string of the molecule is CC(O)C(C)C#Cc1ccc(Oc2ccccc2F)cc1. The van der Waals surface area contributed by atoms with Gasteiger partial charge in [-0.15, -0.1) is 0 Å². The molecule has 1 N–H and O–H groups in total. The van der Waals surface area contributed by atoms with Crippen LogP contribution in [-0.2, 0) is 0 Å². The summed E-state index contributed by atoms with van der Waals surface area (Å²) in [6, 6.07) is 13.3. The van der Waals surface area contributed by atoms with Gasteiger partial charge in [-0.05, 0) is 50.2 Å². The molecule has 0 radical (unpaired) electrons. The van der Waals surface area contributed by atoms with Crippen molar-refractivity contribution in [2.75, 3.05) is 0 Å². The summed E-state index contributed by atoms with van der Waals surface area (Å²) in [5, 5.41) is 9.38. The maximum Gasteiger partial charge on any atom is 0.165 e. The number of benzene rings is 2. The highest BCUT2D eigenvalue weighted by Crippen LogP contribution is 2.24. The minimum absolute atomic E-state index is 0.0839. The average molecular weight is 284 g/mol. The van der Waals surface area contributed by atoms with Gasteiger partial charge < -0.3 is 9.84 Å². The first-order chi connectivity index (χ1) is 10.1. The van der Waals surface area contributed by atoms with Crippen molar-refractivity contribution < 1.29 is 14.2 Å². The largest absolute Gasteiger partial charge is 0.454 e. The van der Waals surface area contributed by atoms with Crippen LogP contribution in [0.1, 0.15) is 19.4 Å². The lowest BCUT2D eigenvalue weighted by atomic mass is 10.1. The smallest absolute Gasteiger partial charge is 0.165 e. The van der Waals surface area contributed by atoms with Crippen molar-refractivity contribution in [1.29, 1.82) is 0 Å². The third kappa shape index (κ3) is 4.34. The molecule has 0 aliphatic carbocycles. The lowest BCUT2D eigenvalue weighted by Gasteiger charge is -2.07. The Balaban J connectivity index is 2.08. The third-order valence-corrected chi connectivity index (χ3v) is 3.09. The van der Waals surface area contributed by atoms with E-state index < -0.39 is 11.9 Å². The predicted molar refractivity (Wildman–Crippen MR) is 80.6 cm³/mol. The van der Waals surface area contributed by atoms with Crippen molar-refractivity contribution in [3.63, 3.8) is 0 Å². The van der Waals surface area contributed by atoms with Crippen molar-refractivity contribution in [2.45, 2.75) is 20.0 Å². The molecule has 2 aromatic rings. The molecule has 2 rings (SSSR count). The fourth-order valence-electron chi connectivity index (χ4n) is 1.58. The van der Waals surface area contributed by atoms with Crippen LogP contribution in [0.2, 0.25) is 0 Å². The molecular weight excluding hydrogens is 267 g/mol. The maximum absolute atomic E-state index is 13.5. The van der Waals surface area contributed by atoms with E-state index in [1.165, 1.54) is 6.07 Å². The zero-order valence-corrected chi connectivity index (χ0v) is 12.0. The highest BCUT2D eigenvalue weighted by atomic mass is 19.1. The van der Waals surface area contributed by atoms with Gasteiger partial charge >= 0.3 is 0 Å². The average Bonchev–Trinajstić information content (AvgIpc) is 2.48. The summed E-state index contributed by atoms with van der Waals surface area (Å²) in [7, 11) is 0. The van der Waals surface area contributed by atoms with Crippen molar-refractivity contribution in [3.8, 4) is 23.3 Å². The Kier molecular flexibility index (Phi) is 4.97. The first-order valence-electron chi connectivity index (χ1n) is 6.78. The summed E-state index contributed by atoms with van der Waals surface area (Å²) in [5.74, 6) is 6.23. The number of aliphatic hydroxyl groups is 1. The number of para-hydroxylation sites is 1. The van der Waals surface area contributed by atoms with Crippen molar-refractivity contribution >= 4 is 0 Å². The third-order valence-electron chi connectivity index (χ3n) is 3.09. The van der Waals surface area contributed by atoms with Crippen LogP contribution in [0.25, 0.3) is 0 Å². The summed E-state index contributed by atoms with van der Waals surface area (Å²) < 4.78 is 18.9. The molecule has 2 aromatic carbocycles. The van der Waals surface area contributed by atoms with Gasteiger partial charge in [0.25, 0.3) is 0 Å². The van der Waals surface area contributed by atoms with Crippen LogP contribution in [0, 0.1) is 23.6 Å². The molecule has 0 spiro atoms. The minimum atomic E-state index is -0.457. The van der Waals surface area contributed by atoms with E-state index in [4.69, 9.17) is 4.74 Å². The van der Waals surface area contributed by atoms with Gasteiger partial charge in [-0.25, -0.2) is 4.39 Å². The molecule has 0 fully saturated rings. The van der Waals surface area contributed by atoms with E-state index >= 15 is 0 Å². The topological polar surface area (TPSA) is 29.5 Å². The van der Waals surface area contributed by atoms with Gasteiger partial charge in [0, 0.05) is 11.5 Å². The van der Waals surface area contributed by atoms with Gasteiger partial charge in [-0.3, -0.25) is 0 Å². The van der Waals surface area contributed by atoms with Gasteiger partial charge in [-0.1, -0.05) is 24.0 Å². The van der Waals surface area contributed by atoms with E-state index in [-0.39, 0.29) is 11.7 Å². The molecule has 0 bridgehead atoms. The molecule has 108 valence electrons. The molecule has 0 heterocycles. The number of ether oxygens (including phenoxy) is 1. The number of hydrogen-bond acceptors (Lipinski definition) is 2. The number of rotatable bonds is 3. The second kappa shape index (κ2) is 6.92. The molecule has 0 saturated heterocycles. The second-order valence-electron chi connectivity index (χ2n) is 4.86. The maximum atomic E-state index is 13.5. The Labute approximate surface area is 124 Å². The van der Waals surface area contributed by atoms with Crippen LogP contribution in [-0.4, -0.2) is 11.2 Å². The van der Waals surface area contributed by atoms with Crippen LogP contribution in [0.4, 0.5) is 4.39 Å². The molecule has 0 aliphatic rings. The van der Waals surface area contributed by atoms with Crippen molar-refractivity contribution in [1.82, 2.24) is 0 Å². The van der Waals surface area contributed by atoms with E-state index in [2.05, 4.69) is 11.8 Å². The van der Waals surface area contributed by atoms with Crippen molar-refractivity contribution in [2.24, 2.45) is 5.92 Å². The zero-order valence-electron chi connectivity index (χ0n) is 12.0. The number of halogens is 1. The quantitative estimate of drug-likeness (QED) is 0.864. The molecule has 0 aromatic heterocycles. The van der Waals surface area contributed by atoms with Crippen LogP contribution >= 0.6 is 0 Å². The monoisotopic (exact) mass is 284 g/mol. The van der Waals surface area contributed by atoms with E-state index in [0.29, 0.717) is 5.75 Å². The fraction of sp³-hybridized carbons (Fsp3) is 0.222. The molecule has 0 aliphatic heterocycles. The molecular formula is C18H17FO2. The molecule has 0 amide bonds. The Morgan fingerprint density at radius 1 is 1.05 bits per heavy atom. The second-order valence-corrected chi connectivity index (χ2v) is 4.86. The molecule has 2 nitrogen and oxygen atoms in total. The first kappa shape index (κ1) is 15.1. The van der Waals surface area contributed by atoms with E-state index in [0.717, 1.165) is 5.56 Å². The summed E-state index contributed by atoms with van der Waals surface area (Å²) in [6.07, 6.45) is -0.457. The normalized spacial score (nSPS) is 13.0. The zero-order chi connectivity index (χ0) is 15.2. The highest BCUT2D eigenvalue weighted by molar-refractivity contribution is 5.40. The fourth-order valence-corrected chi connectivity index (χ4v) is 1.58. The summed E-state index contributed by atoms with van der Waals surface area (Å²) in [5.41, 5.74) is 0.823. The minimum Gasteiger partial charge on any atom is -0.454 e. The highest BCUT2D eigenvalue weighted by Gasteiger charge is 2.04. The van der Waals surface area contributed by atoms with Crippen LogP contribution in [0.3, 0.4) is 0 Å². The van der Waals surface area contributed by atoms with Gasteiger partial charge in [-0.2, -0.15) is 0 Å².